The van der Waals surface area contributed by atoms with Gasteiger partial charge >= 0.3 is 6.09 Å². The fourth-order valence-corrected chi connectivity index (χ4v) is 4.29. The van der Waals surface area contributed by atoms with Crippen LogP contribution >= 0.6 is 11.8 Å². The van der Waals surface area contributed by atoms with Crippen molar-refractivity contribution in [1.29, 1.82) is 0 Å². The van der Waals surface area contributed by atoms with Crippen LogP contribution in [0.1, 0.15) is 31.4 Å². The number of aliphatic hydroxyl groups is 1. The fourth-order valence-electron chi connectivity index (χ4n) is 3.88. The van der Waals surface area contributed by atoms with Gasteiger partial charge in [0.25, 0.3) is 0 Å². The Bertz CT molecular complexity index is 1250. The first kappa shape index (κ1) is 29.6. The largest absolute Gasteiger partial charge is 0.491 e. The number of nitrogens with one attached hydrogen (secondary N) is 2. The lowest BCUT2D eigenvalue weighted by Crippen LogP contribution is -2.22. The molecule has 206 valence electrons. The van der Waals surface area contributed by atoms with Crippen molar-refractivity contribution >= 4 is 40.8 Å². The van der Waals surface area contributed by atoms with Crippen LogP contribution in [0.3, 0.4) is 0 Å². The Hall–Kier alpha value is -3.95. The van der Waals surface area contributed by atoms with Gasteiger partial charge in [0.05, 0.1) is 18.0 Å². The van der Waals surface area contributed by atoms with Gasteiger partial charge in [-0.25, -0.2) is 4.79 Å². The van der Waals surface area contributed by atoms with E-state index in [2.05, 4.69) is 10.6 Å². The second kappa shape index (κ2) is 15.5. The summed E-state index contributed by atoms with van der Waals surface area (Å²) in [5, 5.41) is 14.7. The van der Waals surface area contributed by atoms with Crippen molar-refractivity contribution in [3.05, 3.63) is 90.5 Å². The van der Waals surface area contributed by atoms with Gasteiger partial charge in [0, 0.05) is 10.6 Å². The standard InChI is InChI=1S/C30H35N3O5S/c1-21(8-3-6-13-28(35)33-27-12-5-4-11-26(27)31)29(22-9-7-10-24(20-22)37-19-18-34)38-30(36)32-23-14-16-25(39-2)17-15-23/h4-7,9-17,20-21,29,34H,3,8,18-19,31H2,1-2H3,(H,32,36)(H,33,35)/b13-6+/t21-,29+/m0/s1. The molecule has 8 nitrogen and oxygen atoms in total. The van der Waals surface area contributed by atoms with Crippen LogP contribution < -0.4 is 21.1 Å². The number of rotatable bonds is 13. The highest BCUT2D eigenvalue weighted by Gasteiger charge is 2.24. The smallest absolute Gasteiger partial charge is 0.412 e. The molecule has 5 N–H and O–H groups in total. The highest BCUT2D eigenvalue weighted by Crippen LogP contribution is 2.32. The summed E-state index contributed by atoms with van der Waals surface area (Å²) in [5.74, 6) is 0.223. The minimum absolute atomic E-state index is 0.0832. The molecular weight excluding hydrogens is 514 g/mol. The van der Waals surface area contributed by atoms with Crippen molar-refractivity contribution in [2.75, 3.05) is 35.8 Å². The zero-order valence-electron chi connectivity index (χ0n) is 22.1. The second-order valence-electron chi connectivity index (χ2n) is 8.86. The van der Waals surface area contributed by atoms with Gasteiger partial charge in [0.15, 0.2) is 0 Å². The molecule has 2 atom stereocenters. The van der Waals surface area contributed by atoms with E-state index in [-0.39, 0.29) is 25.0 Å². The van der Waals surface area contributed by atoms with Gasteiger partial charge in [-0.2, -0.15) is 0 Å². The molecule has 0 bridgehead atoms. The number of nitrogen functional groups attached to an aromatic ring is 1. The Balaban J connectivity index is 1.66. The summed E-state index contributed by atoms with van der Waals surface area (Å²) < 4.78 is 11.5. The number of anilines is 3. The quantitative estimate of drug-likeness (QED) is 0.113. The summed E-state index contributed by atoms with van der Waals surface area (Å²) in [7, 11) is 0. The topological polar surface area (TPSA) is 123 Å². The van der Waals surface area contributed by atoms with Crippen molar-refractivity contribution in [3.63, 3.8) is 0 Å². The number of benzene rings is 3. The van der Waals surface area contributed by atoms with Crippen molar-refractivity contribution in [2.45, 2.75) is 30.8 Å². The number of ether oxygens (including phenoxy) is 2. The van der Waals surface area contributed by atoms with Crippen LogP contribution in [0.2, 0.25) is 0 Å². The fraction of sp³-hybridized carbons (Fsp3) is 0.267. The van der Waals surface area contributed by atoms with E-state index in [1.807, 2.05) is 55.6 Å². The lowest BCUT2D eigenvalue weighted by Gasteiger charge is -2.25. The molecule has 0 aliphatic rings. The third kappa shape index (κ3) is 9.70. The number of hydrogen-bond donors (Lipinski definition) is 4. The average Bonchev–Trinajstić information content (AvgIpc) is 2.94. The summed E-state index contributed by atoms with van der Waals surface area (Å²) in [6, 6.07) is 21.9. The summed E-state index contributed by atoms with van der Waals surface area (Å²) >= 11 is 1.62. The molecule has 0 aromatic heterocycles. The molecule has 0 fully saturated rings. The summed E-state index contributed by atoms with van der Waals surface area (Å²) in [6.07, 6.45) is 5.36. The van der Waals surface area contributed by atoms with Gasteiger partial charge in [0.2, 0.25) is 5.91 Å². The van der Waals surface area contributed by atoms with E-state index < -0.39 is 12.2 Å². The normalized spacial score (nSPS) is 12.5. The summed E-state index contributed by atoms with van der Waals surface area (Å²) in [6.45, 7) is 2.05. The molecule has 2 amide bonds. The number of allylic oxidation sites excluding steroid dienone is 1. The number of aliphatic hydroxyl groups excluding tert-OH is 1. The van der Waals surface area contributed by atoms with Crippen LogP contribution in [0, 0.1) is 5.92 Å². The van der Waals surface area contributed by atoms with Crippen molar-refractivity contribution in [2.24, 2.45) is 5.92 Å². The number of hydrogen-bond acceptors (Lipinski definition) is 7. The maximum atomic E-state index is 12.9. The number of amides is 2. The Labute approximate surface area is 233 Å². The second-order valence-corrected chi connectivity index (χ2v) is 9.74. The average molecular weight is 550 g/mol. The van der Waals surface area contributed by atoms with Crippen LogP contribution in [0.15, 0.2) is 89.8 Å². The van der Waals surface area contributed by atoms with E-state index in [1.165, 1.54) is 6.08 Å². The van der Waals surface area contributed by atoms with Crippen LogP contribution in [0.4, 0.5) is 21.9 Å². The number of nitrogens with two attached hydrogens (primary N) is 1. The highest BCUT2D eigenvalue weighted by atomic mass is 32.2. The molecule has 0 spiro atoms. The van der Waals surface area contributed by atoms with Gasteiger partial charge in [-0.3, -0.25) is 10.1 Å². The van der Waals surface area contributed by atoms with E-state index >= 15 is 0 Å². The molecule has 0 radical (unpaired) electrons. The van der Waals surface area contributed by atoms with Crippen LogP contribution in [0.25, 0.3) is 0 Å². The number of carbonyl (C=O) groups excluding carboxylic acids is 2. The van der Waals surface area contributed by atoms with Gasteiger partial charge in [0.1, 0.15) is 18.5 Å². The highest BCUT2D eigenvalue weighted by molar-refractivity contribution is 7.98. The van der Waals surface area contributed by atoms with Gasteiger partial charge in [-0.05, 0) is 85.2 Å². The first-order valence-corrected chi connectivity index (χ1v) is 13.9. The third-order valence-corrected chi connectivity index (χ3v) is 6.65. The zero-order valence-corrected chi connectivity index (χ0v) is 22.9. The van der Waals surface area contributed by atoms with Crippen LogP contribution in [-0.2, 0) is 9.53 Å². The van der Waals surface area contributed by atoms with Crippen molar-refractivity contribution in [1.82, 2.24) is 0 Å². The maximum Gasteiger partial charge on any atom is 0.412 e. The third-order valence-electron chi connectivity index (χ3n) is 5.91. The predicted octanol–water partition coefficient (Wildman–Crippen LogP) is 6.26. The van der Waals surface area contributed by atoms with E-state index in [4.69, 9.17) is 20.3 Å². The molecule has 0 unspecified atom stereocenters. The Morgan fingerprint density at radius 2 is 1.82 bits per heavy atom. The first-order chi connectivity index (χ1) is 18.9. The van der Waals surface area contributed by atoms with Gasteiger partial charge in [-0.15, -0.1) is 11.8 Å². The van der Waals surface area contributed by atoms with Crippen LogP contribution in [-0.4, -0.2) is 36.6 Å². The Morgan fingerprint density at radius 3 is 2.54 bits per heavy atom. The molecule has 0 saturated heterocycles. The van der Waals surface area contributed by atoms with Gasteiger partial charge in [-0.1, -0.05) is 37.3 Å². The minimum Gasteiger partial charge on any atom is -0.491 e. The molecule has 0 heterocycles. The Kier molecular flexibility index (Phi) is 11.7. The SMILES string of the molecule is CSc1ccc(NC(=O)O[C@@H](c2cccc(OCCO)c2)[C@@H](C)CC/C=C/C(=O)Nc2ccccc2N)cc1. The summed E-state index contributed by atoms with van der Waals surface area (Å²) in [4.78, 5) is 26.2. The number of carbonyl (C=O) groups is 2. The van der Waals surface area contributed by atoms with E-state index in [1.54, 1.807) is 48.2 Å². The molecule has 0 aliphatic carbocycles. The molecule has 3 aromatic rings. The molecule has 3 rings (SSSR count). The molecule has 3 aromatic carbocycles. The number of para-hydroxylation sites is 2. The zero-order chi connectivity index (χ0) is 28.0. The lowest BCUT2D eigenvalue weighted by molar-refractivity contribution is -0.111. The van der Waals surface area contributed by atoms with Crippen molar-refractivity contribution < 1.29 is 24.2 Å². The molecule has 39 heavy (non-hydrogen) atoms. The minimum atomic E-state index is -0.570. The maximum absolute atomic E-state index is 12.9. The van der Waals surface area contributed by atoms with Gasteiger partial charge < -0.3 is 25.6 Å². The first-order valence-electron chi connectivity index (χ1n) is 12.7. The van der Waals surface area contributed by atoms with E-state index in [9.17, 15) is 9.59 Å². The monoisotopic (exact) mass is 549 g/mol. The summed E-state index contributed by atoms with van der Waals surface area (Å²) in [5.41, 5.74) is 8.35. The molecule has 0 aliphatic heterocycles. The molecular formula is C30H35N3O5S. The predicted molar refractivity (Wildman–Crippen MR) is 157 cm³/mol. The van der Waals surface area contributed by atoms with Crippen LogP contribution in [0.5, 0.6) is 5.75 Å². The van der Waals surface area contributed by atoms with E-state index in [0.29, 0.717) is 35.7 Å². The lowest BCUT2D eigenvalue weighted by atomic mass is 9.93. The van der Waals surface area contributed by atoms with Crippen molar-refractivity contribution in [3.8, 4) is 5.75 Å². The number of thioether (sulfide) groups is 1. The van der Waals surface area contributed by atoms with E-state index in [0.717, 1.165) is 10.5 Å². The molecule has 9 heteroatoms. The molecule has 0 saturated carbocycles. The Morgan fingerprint density at radius 1 is 1.05 bits per heavy atom.